The SMILES string of the molecule is CCOC(=O)CC[C@@H](C)[C@H]1CCC2C3C(CC[C@@]21C)[C@@]1(C)CCC(=O)C=C1[C@@H]1N[C@H]31. The van der Waals surface area contributed by atoms with Gasteiger partial charge in [0.15, 0.2) is 5.78 Å². The second-order valence-corrected chi connectivity index (χ2v) is 11.5. The number of esters is 1. The molecule has 4 aliphatic carbocycles. The van der Waals surface area contributed by atoms with Crippen LogP contribution in [-0.4, -0.2) is 30.4 Å². The highest BCUT2D eigenvalue weighted by molar-refractivity contribution is 5.92. The van der Waals surface area contributed by atoms with E-state index in [0.717, 1.165) is 37.0 Å². The summed E-state index contributed by atoms with van der Waals surface area (Å²) in [6.07, 6.45) is 10.6. The normalized spacial score (nSPS) is 47.3. The molecule has 166 valence electrons. The zero-order valence-corrected chi connectivity index (χ0v) is 19.2. The molecule has 0 amide bonds. The Labute approximate surface area is 181 Å². The predicted octanol–water partition coefficient (Wildman–Crippen LogP) is 4.67. The van der Waals surface area contributed by atoms with Crippen molar-refractivity contribution >= 4 is 11.8 Å². The molecule has 1 saturated heterocycles. The second-order valence-electron chi connectivity index (χ2n) is 11.5. The van der Waals surface area contributed by atoms with Crippen LogP contribution >= 0.6 is 0 Å². The summed E-state index contributed by atoms with van der Waals surface area (Å²) >= 11 is 0. The van der Waals surface area contributed by atoms with Gasteiger partial charge in [0.1, 0.15) is 0 Å². The lowest BCUT2D eigenvalue weighted by molar-refractivity contribution is -0.143. The number of ether oxygens (including phenoxy) is 1. The summed E-state index contributed by atoms with van der Waals surface area (Å²) in [6.45, 7) is 9.78. The molecule has 4 nitrogen and oxygen atoms in total. The Bertz CT molecular complexity index is 774. The second kappa shape index (κ2) is 7.18. The van der Waals surface area contributed by atoms with Crippen LogP contribution < -0.4 is 5.32 Å². The van der Waals surface area contributed by atoms with Gasteiger partial charge in [-0.05, 0) is 97.5 Å². The minimum atomic E-state index is -0.0378. The van der Waals surface area contributed by atoms with Gasteiger partial charge >= 0.3 is 5.97 Å². The smallest absolute Gasteiger partial charge is 0.305 e. The Morgan fingerprint density at radius 2 is 2.03 bits per heavy atom. The molecule has 0 aromatic rings. The lowest BCUT2D eigenvalue weighted by atomic mass is 9.46. The van der Waals surface area contributed by atoms with Crippen LogP contribution in [0.4, 0.5) is 0 Å². The van der Waals surface area contributed by atoms with Gasteiger partial charge in [-0.15, -0.1) is 0 Å². The van der Waals surface area contributed by atoms with E-state index in [0.29, 0.717) is 48.1 Å². The van der Waals surface area contributed by atoms with Crippen LogP contribution in [-0.2, 0) is 14.3 Å². The molecule has 0 aromatic heterocycles. The first kappa shape index (κ1) is 20.7. The van der Waals surface area contributed by atoms with Crippen molar-refractivity contribution < 1.29 is 14.3 Å². The quantitative estimate of drug-likeness (QED) is 0.525. The van der Waals surface area contributed by atoms with Gasteiger partial charge in [0.25, 0.3) is 0 Å². The lowest BCUT2D eigenvalue weighted by Crippen LogP contribution is -2.53. The number of carbonyl (C=O) groups is 2. The molecule has 3 saturated carbocycles. The van der Waals surface area contributed by atoms with Crippen molar-refractivity contribution in [1.82, 2.24) is 5.32 Å². The van der Waals surface area contributed by atoms with Crippen molar-refractivity contribution in [2.45, 2.75) is 91.1 Å². The molecule has 5 rings (SSSR count). The van der Waals surface area contributed by atoms with E-state index in [2.05, 4.69) is 26.1 Å². The van der Waals surface area contributed by atoms with Crippen molar-refractivity contribution in [1.29, 1.82) is 0 Å². The van der Waals surface area contributed by atoms with Gasteiger partial charge in [-0.25, -0.2) is 0 Å². The largest absolute Gasteiger partial charge is 0.466 e. The van der Waals surface area contributed by atoms with E-state index in [-0.39, 0.29) is 11.4 Å². The van der Waals surface area contributed by atoms with Crippen LogP contribution in [0.3, 0.4) is 0 Å². The number of carbonyl (C=O) groups excluding carboxylic acids is 2. The first-order valence-electron chi connectivity index (χ1n) is 12.5. The third-order valence-electron chi connectivity index (χ3n) is 10.3. The van der Waals surface area contributed by atoms with E-state index in [1.165, 1.54) is 31.3 Å². The zero-order valence-electron chi connectivity index (χ0n) is 19.2. The van der Waals surface area contributed by atoms with E-state index >= 15 is 0 Å². The van der Waals surface area contributed by atoms with Crippen LogP contribution in [0.5, 0.6) is 0 Å². The Balaban J connectivity index is 1.35. The van der Waals surface area contributed by atoms with Gasteiger partial charge in [0.2, 0.25) is 0 Å². The van der Waals surface area contributed by atoms with Crippen molar-refractivity contribution in [3.8, 4) is 0 Å². The summed E-state index contributed by atoms with van der Waals surface area (Å²) in [6, 6.07) is 1.06. The van der Waals surface area contributed by atoms with Gasteiger partial charge in [-0.3, -0.25) is 9.59 Å². The van der Waals surface area contributed by atoms with Crippen LogP contribution in [0, 0.1) is 40.4 Å². The molecule has 0 radical (unpaired) electrons. The third kappa shape index (κ3) is 2.96. The fraction of sp³-hybridized carbons (Fsp3) is 0.846. The fourth-order valence-corrected chi connectivity index (χ4v) is 8.74. The Morgan fingerprint density at radius 1 is 1.23 bits per heavy atom. The number of nitrogens with one attached hydrogen (secondary N) is 1. The summed E-state index contributed by atoms with van der Waals surface area (Å²) in [7, 11) is 0. The van der Waals surface area contributed by atoms with Gasteiger partial charge in [0, 0.05) is 24.9 Å². The lowest BCUT2D eigenvalue weighted by Gasteiger charge is -2.57. The standard InChI is InChI=1S/C26H39NO3/c1-5-30-21(29)9-6-15(2)17-7-8-18-22-19(11-13-25(17,18)3)26(4)12-10-16(28)14-20(26)23-24(22)27-23/h14-15,17-19,22-24,27H,5-13H2,1-4H3/t15-,17-,18?,19?,22?,23+,24-,25-,26-/m1/s1. The van der Waals surface area contributed by atoms with Crippen LogP contribution in [0.2, 0.25) is 0 Å². The fourth-order valence-electron chi connectivity index (χ4n) is 8.74. The monoisotopic (exact) mass is 413 g/mol. The van der Waals surface area contributed by atoms with E-state index in [4.69, 9.17) is 4.74 Å². The zero-order chi connectivity index (χ0) is 21.3. The molecule has 0 aromatic carbocycles. The molecule has 30 heavy (non-hydrogen) atoms. The minimum Gasteiger partial charge on any atom is -0.466 e. The van der Waals surface area contributed by atoms with Crippen LogP contribution in [0.1, 0.15) is 79.1 Å². The first-order chi connectivity index (χ1) is 14.3. The number of hydrogen-bond donors (Lipinski definition) is 1. The molecule has 4 fully saturated rings. The van der Waals surface area contributed by atoms with E-state index in [9.17, 15) is 9.59 Å². The Hall–Kier alpha value is -1.16. The highest BCUT2D eigenvalue weighted by Crippen LogP contribution is 2.69. The van der Waals surface area contributed by atoms with E-state index in [1.54, 1.807) is 0 Å². The molecular weight excluding hydrogens is 374 g/mol. The van der Waals surface area contributed by atoms with Crippen LogP contribution in [0.25, 0.3) is 0 Å². The Kier molecular flexibility index (Phi) is 4.96. The maximum absolute atomic E-state index is 12.1. The maximum atomic E-state index is 12.1. The van der Waals surface area contributed by atoms with Crippen molar-refractivity contribution in [2.75, 3.05) is 6.61 Å². The summed E-state index contributed by atoms with van der Waals surface area (Å²) in [5.74, 6) is 3.85. The molecule has 0 bridgehead atoms. The van der Waals surface area contributed by atoms with Gasteiger partial charge < -0.3 is 10.1 Å². The molecule has 1 heterocycles. The molecule has 1 N–H and O–H groups in total. The average molecular weight is 414 g/mol. The van der Waals surface area contributed by atoms with Crippen molar-refractivity contribution in [3.63, 3.8) is 0 Å². The van der Waals surface area contributed by atoms with E-state index < -0.39 is 0 Å². The minimum absolute atomic E-state index is 0.0378. The molecular formula is C26H39NO3. The van der Waals surface area contributed by atoms with E-state index in [1.807, 2.05) is 13.0 Å². The van der Waals surface area contributed by atoms with Crippen molar-refractivity contribution in [2.24, 2.45) is 40.4 Å². The molecule has 9 atom stereocenters. The molecule has 1 aliphatic heterocycles. The van der Waals surface area contributed by atoms with Gasteiger partial charge in [0.05, 0.1) is 6.61 Å². The number of rotatable bonds is 5. The first-order valence-corrected chi connectivity index (χ1v) is 12.5. The summed E-state index contributed by atoms with van der Waals surface area (Å²) in [5.41, 5.74) is 2.05. The summed E-state index contributed by atoms with van der Waals surface area (Å²) in [4.78, 5) is 24.0. The van der Waals surface area contributed by atoms with Gasteiger partial charge in [-0.2, -0.15) is 0 Å². The highest BCUT2D eigenvalue weighted by Gasteiger charge is 2.67. The summed E-state index contributed by atoms with van der Waals surface area (Å²) < 4.78 is 5.17. The summed E-state index contributed by atoms with van der Waals surface area (Å²) in [5, 5.41) is 3.82. The maximum Gasteiger partial charge on any atom is 0.305 e. The highest BCUT2D eigenvalue weighted by atomic mass is 16.5. The third-order valence-corrected chi connectivity index (χ3v) is 10.3. The topological polar surface area (TPSA) is 65.3 Å². The Morgan fingerprint density at radius 3 is 2.80 bits per heavy atom. The number of fused-ring (bicyclic) bond motifs is 8. The molecule has 4 heteroatoms. The number of ketones is 1. The van der Waals surface area contributed by atoms with Gasteiger partial charge in [-0.1, -0.05) is 20.8 Å². The van der Waals surface area contributed by atoms with Crippen LogP contribution in [0.15, 0.2) is 11.6 Å². The average Bonchev–Trinajstić information content (AvgIpc) is 3.42. The number of hydrogen-bond acceptors (Lipinski definition) is 4. The predicted molar refractivity (Wildman–Crippen MR) is 117 cm³/mol. The molecule has 0 spiro atoms. The van der Waals surface area contributed by atoms with Crippen molar-refractivity contribution in [3.05, 3.63) is 11.6 Å². The molecule has 5 aliphatic rings. The molecule has 3 unspecified atom stereocenters.